The molecule has 22 heavy (non-hydrogen) atoms. The van der Waals surface area contributed by atoms with E-state index >= 15 is 0 Å². The molecule has 0 radical (unpaired) electrons. The summed E-state index contributed by atoms with van der Waals surface area (Å²) < 4.78 is 13.2. The summed E-state index contributed by atoms with van der Waals surface area (Å²) in [5.74, 6) is -2.01. The Morgan fingerprint density at radius 3 is 2.45 bits per heavy atom. The first-order valence-electron chi connectivity index (χ1n) is 7.51. The summed E-state index contributed by atoms with van der Waals surface area (Å²) in [7, 11) is 0. The minimum absolute atomic E-state index is 0.0790. The summed E-state index contributed by atoms with van der Waals surface area (Å²) in [6.07, 6.45) is 4.50. The molecule has 0 aromatic heterocycles. The van der Waals surface area contributed by atoms with Gasteiger partial charge < -0.3 is 0 Å². The molecule has 1 aliphatic carbocycles. The average Bonchev–Trinajstić information content (AvgIpc) is 2.72. The molecule has 6 heteroatoms. The number of benzene rings is 1. The van der Waals surface area contributed by atoms with Crippen LogP contribution in [0.15, 0.2) is 24.3 Å². The van der Waals surface area contributed by atoms with Crippen molar-refractivity contribution >= 4 is 17.8 Å². The van der Waals surface area contributed by atoms with Gasteiger partial charge in [-0.25, -0.2) is 9.18 Å². The van der Waals surface area contributed by atoms with Crippen molar-refractivity contribution < 1.29 is 18.8 Å². The van der Waals surface area contributed by atoms with Gasteiger partial charge in [0.1, 0.15) is 5.82 Å². The Labute approximate surface area is 127 Å². The van der Waals surface area contributed by atoms with E-state index in [1.54, 1.807) is 6.07 Å². The number of carbonyl (C=O) groups is 3. The van der Waals surface area contributed by atoms with Crippen LogP contribution in [-0.2, 0) is 16.1 Å². The van der Waals surface area contributed by atoms with Crippen molar-refractivity contribution in [1.82, 2.24) is 9.80 Å². The smallest absolute Gasteiger partial charge is 0.263 e. The molecule has 2 fully saturated rings. The molecule has 0 atom stereocenters. The van der Waals surface area contributed by atoms with Crippen LogP contribution in [0.3, 0.4) is 0 Å². The monoisotopic (exact) mass is 304 g/mol. The molecule has 4 amide bonds. The first-order valence-corrected chi connectivity index (χ1v) is 7.51. The first kappa shape index (κ1) is 14.7. The highest BCUT2D eigenvalue weighted by molar-refractivity contribution is 6.44. The van der Waals surface area contributed by atoms with E-state index in [4.69, 9.17) is 0 Å². The largest absolute Gasteiger partial charge is 0.334 e. The maximum atomic E-state index is 13.2. The van der Waals surface area contributed by atoms with Gasteiger partial charge in [-0.3, -0.25) is 19.4 Å². The van der Waals surface area contributed by atoms with E-state index < -0.39 is 23.7 Å². The van der Waals surface area contributed by atoms with Gasteiger partial charge in [-0.15, -0.1) is 0 Å². The van der Waals surface area contributed by atoms with Gasteiger partial charge in [0.25, 0.3) is 0 Å². The van der Waals surface area contributed by atoms with Gasteiger partial charge in [-0.1, -0.05) is 31.4 Å². The third-order valence-electron chi connectivity index (χ3n) is 4.25. The number of hydrogen-bond acceptors (Lipinski definition) is 3. The quantitative estimate of drug-likeness (QED) is 0.636. The number of hydrogen-bond donors (Lipinski definition) is 0. The Balaban J connectivity index is 1.79. The molecule has 1 aromatic carbocycles. The van der Waals surface area contributed by atoms with Crippen LogP contribution in [0, 0.1) is 5.82 Å². The Kier molecular flexibility index (Phi) is 3.92. The molecule has 5 nitrogen and oxygen atoms in total. The summed E-state index contributed by atoms with van der Waals surface area (Å²) in [4.78, 5) is 38.6. The lowest BCUT2D eigenvalue weighted by molar-refractivity contribution is -0.144. The van der Waals surface area contributed by atoms with Crippen molar-refractivity contribution in [2.75, 3.05) is 0 Å². The molecule has 1 aromatic rings. The van der Waals surface area contributed by atoms with Gasteiger partial charge in [-0.05, 0) is 30.5 Å². The van der Waals surface area contributed by atoms with E-state index in [9.17, 15) is 18.8 Å². The molecule has 0 bridgehead atoms. The molecule has 1 saturated carbocycles. The number of imide groups is 2. The number of urea groups is 1. The normalized spacial score (nSPS) is 20.1. The zero-order valence-electron chi connectivity index (χ0n) is 12.1. The van der Waals surface area contributed by atoms with Gasteiger partial charge >= 0.3 is 17.8 Å². The highest BCUT2D eigenvalue weighted by Gasteiger charge is 2.47. The maximum Gasteiger partial charge on any atom is 0.334 e. The number of halogens is 1. The topological polar surface area (TPSA) is 57.7 Å². The summed E-state index contributed by atoms with van der Waals surface area (Å²) in [5.41, 5.74) is 0.486. The fraction of sp³-hybridized carbons (Fsp3) is 0.438. The highest BCUT2D eigenvalue weighted by atomic mass is 19.1. The van der Waals surface area contributed by atoms with Crippen LogP contribution in [0.25, 0.3) is 0 Å². The maximum absolute atomic E-state index is 13.2. The summed E-state index contributed by atoms with van der Waals surface area (Å²) in [6.45, 7) is -0.0790. The Morgan fingerprint density at radius 1 is 1.05 bits per heavy atom. The lowest BCUT2D eigenvalue weighted by Crippen LogP contribution is -2.42. The molecule has 0 spiro atoms. The molecular weight excluding hydrogens is 287 g/mol. The van der Waals surface area contributed by atoms with Crippen molar-refractivity contribution in [1.29, 1.82) is 0 Å². The third-order valence-corrected chi connectivity index (χ3v) is 4.25. The van der Waals surface area contributed by atoms with Crippen molar-refractivity contribution in [3.63, 3.8) is 0 Å². The number of amides is 4. The summed E-state index contributed by atoms with van der Waals surface area (Å²) in [5, 5.41) is 0. The van der Waals surface area contributed by atoms with Gasteiger partial charge in [0.2, 0.25) is 0 Å². The summed E-state index contributed by atoms with van der Waals surface area (Å²) in [6, 6.07) is 4.92. The van der Waals surface area contributed by atoms with Crippen molar-refractivity contribution in [3.05, 3.63) is 35.6 Å². The lowest BCUT2D eigenvalue weighted by atomic mass is 9.94. The lowest BCUT2D eigenvalue weighted by Gasteiger charge is -2.28. The highest BCUT2D eigenvalue weighted by Crippen LogP contribution is 2.27. The van der Waals surface area contributed by atoms with E-state index in [1.807, 2.05) is 0 Å². The second-order valence-electron chi connectivity index (χ2n) is 5.77. The van der Waals surface area contributed by atoms with Crippen molar-refractivity contribution in [2.45, 2.75) is 44.7 Å². The second kappa shape index (κ2) is 5.87. The molecule has 1 saturated heterocycles. The number of nitrogens with zero attached hydrogens (tertiary/aromatic N) is 2. The van der Waals surface area contributed by atoms with Crippen molar-refractivity contribution in [3.8, 4) is 0 Å². The van der Waals surface area contributed by atoms with Crippen LogP contribution in [0.5, 0.6) is 0 Å². The van der Waals surface area contributed by atoms with Crippen LogP contribution in [0.4, 0.5) is 9.18 Å². The number of carbonyl (C=O) groups excluding carboxylic acids is 3. The van der Waals surface area contributed by atoms with E-state index in [0.717, 1.165) is 41.9 Å². The Bertz CT molecular complexity index is 626. The van der Waals surface area contributed by atoms with Crippen LogP contribution in [0.2, 0.25) is 0 Å². The SMILES string of the molecule is O=C1C(=O)N(C2CCCCC2)C(=O)N1Cc1cccc(F)c1. The molecule has 2 aliphatic rings. The zero-order valence-corrected chi connectivity index (χ0v) is 12.1. The average molecular weight is 304 g/mol. The standard InChI is InChI=1S/C16H17FN2O3/c17-12-6-4-5-11(9-12)10-18-14(20)15(21)19(16(18)22)13-7-2-1-3-8-13/h4-6,9,13H,1-3,7-8,10H2. The van der Waals surface area contributed by atoms with E-state index in [1.165, 1.54) is 18.2 Å². The molecular formula is C16H17FN2O3. The van der Waals surface area contributed by atoms with Crippen molar-refractivity contribution in [2.24, 2.45) is 0 Å². The second-order valence-corrected chi connectivity index (χ2v) is 5.77. The van der Waals surface area contributed by atoms with Crippen LogP contribution >= 0.6 is 0 Å². The predicted octanol–water partition coefficient (Wildman–Crippen LogP) is 2.45. The van der Waals surface area contributed by atoms with Gasteiger partial charge in [0.15, 0.2) is 0 Å². The van der Waals surface area contributed by atoms with Gasteiger partial charge in [-0.2, -0.15) is 0 Å². The molecule has 0 N–H and O–H groups in total. The van der Waals surface area contributed by atoms with E-state index in [-0.39, 0.29) is 12.6 Å². The van der Waals surface area contributed by atoms with Crippen LogP contribution < -0.4 is 0 Å². The minimum atomic E-state index is -0.820. The summed E-state index contributed by atoms with van der Waals surface area (Å²) >= 11 is 0. The Morgan fingerprint density at radius 2 is 1.77 bits per heavy atom. The molecule has 0 unspecified atom stereocenters. The van der Waals surface area contributed by atoms with Crippen LogP contribution in [0.1, 0.15) is 37.7 Å². The van der Waals surface area contributed by atoms with E-state index in [2.05, 4.69) is 0 Å². The fourth-order valence-electron chi connectivity index (χ4n) is 3.14. The fourth-order valence-corrected chi connectivity index (χ4v) is 3.14. The molecule has 116 valence electrons. The van der Waals surface area contributed by atoms with E-state index in [0.29, 0.717) is 5.56 Å². The zero-order chi connectivity index (χ0) is 15.7. The molecule has 1 heterocycles. The number of rotatable bonds is 3. The molecule has 1 aliphatic heterocycles. The molecule has 3 rings (SSSR count). The minimum Gasteiger partial charge on any atom is -0.263 e. The third kappa shape index (κ3) is 2.61. The van der Waals surface area contributed by atoms with Gasteiger partial charge in [0.05, 0.1) is 6.54 Å². The predicted molar refractivity (Wildman–Crippen MR) is 76.1 cm³/mol. The van der Waals surface area contributed by atoms with Gasteiger partial charge in [0, 0.05) is 6.04 Å². The first-order chi connectivity index (χ1) is 10.6. The Hall–Kier alpha value is -2.24. The van der Waals surface area contributed by atoms with Crippen LogP contribution in [-0.4, -0.2) is 33.7 Å².